The van der Waals surface area contributed by atoms with E-state index in [1.165, 1.54) is 68.1 Å². The van der Waals surface area contributed by atoms with Gasteiger partial charge < -0.3 is 10.3 Å². The van der Waals surface area contributed by atoms with Gasteiger partial charge in [-0.1, -0.05) is 130 Å². The van der Waals surface area contributed by atoms with Crippen LogP contribution in [-0.2, 0) is 12.8 Å². The van der Waals surface area contributed by atoms with Crippen LogP contribution in [0, 0.1) is 0 Å². The molecule has 1 heterocycles. The van der Waals surface area contributed by atoms with Crippen molar-refractivity contribution in [1.82, 2.24) is 10.1 Å². The maximum absolute atomic E-state index is 6.59. The van der Waals surface area contributed by atoms with Crippen LogP contribution in [0.1, 0.15) is 94.1 Å². The molecule has 4 rings (SSSR count). The molecule has 0 aliphatic carbocycles. The van der Waals surface area contributed by atoms with Gasteiger partial charge in [0.05, 0.1) is 0 Å². The van der Waals surface area contributed by atoms with Crippen LogP contribution in [0.3, 0.4) is 0 Å². The van der Waals surface area contributed by atoms with Gasteiger partial charge in [-0.2, -0.15) is 4.98 Å². The Balaban J connectivity index is 1.22. The molecular weight excluding hydrogens is 466 g/mol. The Bertz CT molecular complexity index is 1200. The van der Waals surface area contributed by atoms with Gasteiger partial charge in [-0.3, -0.25) is 0 Å². The average Bonchev–Trinajstić information content (AvgIpc) is 3.45. The van der Waals surface area contributed by atoms with Gasteiger partial charge in [-0.15, -0.1) is 0 Å². The molecular formula is C34H43N3O. The minimum Gasteiger partial charge on any atom is -0.334 e. The van der Waals surface area contributed by atoms with E-state index in [2.05, 4.69) is 77.7 Å². The molecule has 0 bridgehead atoms. The largest absolute Gasteiger partial charge is 0.334 e. The molecule has 4 nitrogen and oxygen atoms in total. The molecule has 0 aliphatic heterocycles. The monoisotopic (exact) mass is 509 g/mol. The molecule has 2 N–H and O–H groups in total. The normalized spacial score (nSPS) is 12.1. The third-order valence-corrected chi connectivity index (χ3v) is 7.34. The van der Waals surface area contributed by atoms with Crippen LogP contribution in [0.4, 0.5) is 0 Å². The number of unbranched alkanes of at least 4 members (excludes halogenated alkanes) is 8. The van der Waals surface area contributed by atoms with Crippen LogP contribution in [0.5, 0.6) is 0 Å². The standard InChI is InChI=1S/C34H43N3O/c1-2-3-4-5-6-7-8-9-13-19-33-36-34(38-37-33)31-18-14-17-30(26-31)32(35)25-22-27-20-23-29(24-21-27)28-15-11-10-12-16-28/h10-12,14-18,20-21,23-24,26,32H,2-9,13,19,22,25,35H2,1H3. The first-order valence-electron chi connectivity index (χ1n) is 14.6. The number of rotatable bonds is 16. The molecule has 4 heteroatoms. The van der Waals surface area contributed by atoms with E-state index in [1.54, 1.807) is 0 Å². The van der Waals surface area contributed by atoms with Gasteiger partial charge in [0.1, 0.15) is 0 Å². The predicted molar refractivity (Wildman–Crippen MR) is 158 cm³/mol. The molecule has 0 amide bonds. The van der Waals surface area contributed by atoms with Crippen LogP contribution in [-0.4, -0.2) is 10.1 Å². The van der Waals surface area contributed by atoms with E-state index in [4.69, 9.17) is 10.3 Å². The fraction of sp³-hybridized carbons (Fsp3) is 0.412. The van der Waals surface area contributed by atoms with Crippen LogP contribution in [0.25, 0.3) is 22.6 Å². The summed E-state index contributed by atoms with van der Waals surface area (Å²) < 4.78 is 5.59. The first-order chi connectivity index (χ1) is 18.7. The Hall–Kier alpha value is -3.24. The zero-order chi connectivity index (χ0) is 26.4. The van der Waals surface area contributed by atoms with Crippen molar-refractivity contribution < 1.29 is 4.52 Å². The van der Waals surface area contributed by atoms with Crippen LogP contribution >= 0.6 is 0 Å². The molecule has 38 heavy (non-hydrogen) atoms. The summed E-state index contributed by atoms with van der Waals surface area (Å²) in [5.41, 5.74) is 12.4. The minimum atomic E-state index is -0.0480. The molecule has 0 aliphatic rings. The summed E-state index contributed by atoms with van der Waals surface area (Å²) in [4.78, 5) is 4.66. The Kier molecular flexibility index (Phi) is 11.1. The van der Waals surface area contributed by atoms with Crippen molar-refractivity contribution in [3.8, 4) is 22.6 Å². The number of benzene rings is 3. The summed E-state index contributed by atoms with van der Waals surface area (Å²) in [6, 6.07) is 27.5. The van der Waals surface area contributed by atoms with Gasteiger partial charge in [0.15, 0.2) is 5.82 Å². The molecule has 0 saturated carbocycles. The SMILES string of the molecule is CCCCCCCCCCCc1noc(-c2cccc(C(N)CCc3ccc(-c4ccccc4)cc3)c2)n1. The molecule has 0 fully saturated rings. The first-order valence-corrected chi connectivity index (χ1v) is 14.6. The zero-order valence-corrected chi connectivity index (χ0v) is 22.9. The predicted octanol–water partition coefficient (Wildman–Crippen LogP) is 9.11. The van der Waals surface area contributed by atoms with Crippen molar-refractivity contribution in [3.63, 3.8) is 0 Å². The third-order valence-electron chi connectivity index (χ3n) is 7.34. The Morgan fingerprint density at radius 3 is 2.08 bits per heavy atom. The summed E-state index contributed by atoms with van der Waals surface area (Å²) in [7, 11) is 0. The second-order valence-electron chi connectivity index (χ2n) is 10.4. The summed E-state index contributed by atoms with van der Waals surface area (Å²) >= 11 is 0. The molecule has 4 aromatic rings. The number of nitrogens with zero attached hydrogens (tertiary/aromatic N) is 2. The van der Waals surface area contributed by atoms with E-state index in [-0.39, 0.29) is 6.04 Å². The highest BCUT2D eigenvalue weighted by atomic mass is 16.5. The van der Waals surface area contributed by atoms with Crippen molar-refractivity contribution in [1.29, 1.82) is 0 Å². The molecule has 1 unspecified atom stereocenters. The lowest BCUT2D eigenvalue weighted by Gasteiger charge is -2.13. The lowest BCUT2D eigenvalue weighted by Crippen LogP contribution is -2.11. The van der Waals surface area contributed by atoms with Crippen molar-refractivity contribution in [2.75, 3.05) is 0 Å². The highest BCUT2D eigenvalue weighted by Crippen LogP contribution is 2.25. The average molecular weight is 510 g/mol. The lowest BCUT2D eigenvalue weighted by atomic mass is 9.97. The fourth-order valence-corrected chi connectivity index (χ4v) is 4.95. The van der Waals surface area contributed by atoms with Crippen molar-refractivity contribution in [3.05, 3.63) is 95.8 Å². The Morgan fingerprint density at radius 1 is 0.684 bits per heavy atom. The molecule has 1 atom stereocenters. The molecule has 3 aromatic carbocycles. The Morgan fingerprint density at radius 2 is 1.34 bits per heavy atom. The maximum Gasteiger partial charge on any atom is 0.257 e. The van der Waals surface area contributed by atoms with Gasteiger partial charge >= 0.3 is 0 Å². The highest BCUT2D eigenvalue weighted by molar-refractivity contribution is 5.63. The van der Waals surface area contributed by atoms with Crippen LogP contribution < -0.4 is 5.73 Å². The van der Waals surface area contributed by atoms with Gasteiger partial charge in [0.2, 0.25) is 0 Å². The van der Waals surface area contributed by atoms with E-state index in [0.29, 0.717) is 5.89 Å². The molecule has 0 saturated heterocycles. The van der Waals surface area contributed by atoms with Gasteiger partial charge in [-0.25, -0.2) is 0 Å². The highest BCUT2D eigenvalue weighted by Gasteiger charge is 2.12. The van der Waals surface area contributed by atoms with Gasteiger partial charge in [0.25, 0.3) is 5.89 Å². The number of aryl methyl sites for hydroxylation is 2. The molecule has 0 radical (unpaired) electrons. The van der Waals surface area contributed by atoms with Gasteiger partial charge in [0, 0.05) is 18.0 Å². The smallest absolute Gasteiger partial charge is 0.257 e. The topological polar surface area (TPSA) is 64.9 Å². The number of nitrogens with two attached hydrogens (primary N) is 1. The summed E-state index contributed by atoms with van der Waals surface area (Å²) in [5, 5.41) is 4.22. The molecule has 1 aromatic heterocycles. The molecule has 200 valence electrons. The summed E-state index contributed by atoms with van der Waals surface area (Å²) in [6.45, 7) is 2.27. The van der Waals surface area contributed by atoms with Crippen LogP contribution in [0.15, 0.2) is 83.4 Å². The number of hydrogen-bond donors (Lipinski definition) is 1. The van der Waals surface area contributed by atoms with E-state index < -0.39 is 0 Å². The maximum atomic E-state index is 6.59. The minimum absolute atomic E-state index is 0.0480. The lowest BCUT2D eigenvalue weighted by molar-refractivity contribution is 0.420. The van der Waals surface area contributed by atoms with E-state index in [0.717, 1.165) is 42.6 Å². The second-order valence-corrected chi connectivity index (χ2v) is 10.4. The second kappa shape index (κ2) is 15.2. The summed E-state index contributed by atoms with van der Waals surface area (Å²) in [6.07, 6.45) is 14.5. The first kappa shape index (κ1) is 27.8. The number of hydrogen-bond acceptors (Lipinski definition) is 4. The third kappa shape index (κ3) is 8.66. The van der Waals surface area contributed by atoms with Gasteiger partial charge in [-0.05, 0) is 53.6 Å². The van der Waals surface area contributed by atoms with Crippen molar-refractivity contribution in [2.24, 2.45) is 5.73 Å². The zero-order valence-electron chi connectivity index (χ0n) is 22.9. The Labute approximate surface area is 228 Å². The van der Waals surface area contributed by atoms with E-state index in [9.17, 15) is 0 Å². The number of aromatic nitrogens is 2. The van der Waals surface area contributed by atoms with Crippen molar-refractivity contribution in [2.45, 2.75) is 90.0 Å². The van der Waals surface area contributed by atoms with E-state index in [1.807, 2.05) is 18.2 Å². The molecule has 0 spiro atoms. The quantitative estimate of drug-likeness (QED) is 0.153. The fourth-order valence-electron chi connectivity index (χ4n) is 4.95. The van der Waals surface area contributed by atoms with Crippen molar-refractivity contribution >= 4 is 0 Å². The van der Waals surface area contributed by atoms with Crippen LogP contribution in [0.2, 0.25) is 0 Å². The summed E-state index contributed by atoms with van der Waals surface area (Å²) in [5.74, 6) is 1.39. The van der Waals surface area contributed by atoms with E-state index >= 15 is 0 Å².